The summed E-state index contributed by atoms with van der Waals surface area (Å²) in [4.78, 5) is 33.7. The molecule has 1 aliphatic rings. The third kappa shape index (κ3) is 4.25. The van der Waals surface area contributed by atoms with E-state index in [9.17, 15) is 9.59 Å². The van der Waals surface area contributed by atoms with Crippen LogP contribution in [-0.4, -0.2) is 50.0 Å². The van der Waals surface area contributed by atoms with Crippen LogP contribution < -0.4 is 0 Å². The van der Waals surface area contributed by atoms with Crippen LogP contribution in [0, 0.1) is 6.92 Å². The van der Waals surface area contributed by atoms with Crippen molar-refractivity contribution in [2.45, 2.75) is 32.5 Å². The fourth-order valence-electron chi connectivity index (χ4n) is 3.83. The third-order valence-corrected chi connectivity index (χ3v) is 5.40. The molecule has 4 rings (SSSR count). The molecular weight excluding hydrogens is 378 g/mol. The lowest BCUT2D eigenvalue weighted by Gasteiger charge is -2.34. The molecule has 0 unspecified atom stereocenters. The lowest BCUT2D eigenvalue weighted by atomic mass is 10.1. The predicted octanol–water partition coefficient (Wildman–Crippen LogP) is 2.83. The summed E-state index contributed by atoms with van der Waals surface area (Å²) < 4.78 is 1.88. The summed E-state index contributed by atoms with van der Waals surface area (Å²) in [5, 5.41) is 4.41. The standard InChI is InChI=1S/C23H25N5O2/c1-17-6-5-7-18(12-17)23(30)27-15-20-9-11-25-28(20)21(16-27)13-22(29)26(2)14-19-8-3-4-10-24-19/h3-12,21H,13-16H2,1-2H3/t21-/m0/s1. The highest BCUT2D eigenvalue weighted by molar-refractivity contribution is 5.94. The zero-order valence-electron chi connectivity index (χ0n) is 17.2. The Hall–Kier alpha value is -3.48. The number of amides is 2. The quantitative estimate of drug-likeness (QED) is 0.657. The van der Waals surface area contributed by atoms with Crippen LogP contribution in [0.5, 0.6) is 0 Å². The van der Waals surface area contributed by atoms with E-state index in [2.05, 4.69) is 10.1 Å². The van der Waals surface area contributed by atoms with Gasteiger partial charge in [0.25, 0.3) is 5.91 Å². The number of fused-ring (bicyclic) bond motifs is 1. The Morgan fingerprint density at radius 2 is 2.00 bits per heavy atom. The number of aromatic nitrogens is 3. The van der Waals surface area contributed by atoms with E-state index in [4.69, 9.17) is 0 Å². The Balaban J connectivity index is 1.48. The van der Waals surface area contributed by atoms with Gasteiger partial charge in [0.2, 0.25) is 5.91 Å². The number of carbonyl (C=O) groups is 2. The van der Waals surface area contributed by atoms with Gasteiger partial charge in [0, 0.05) is 31.5 Å². The number of carbonyl (C=O) groups excluding carboxylic acids is 2. The molecule has 0 aliphatic carbocycles. The number of aryl methyl sites for hydroxylation is 1. The molecule has 2 aromatic heterocycles. The van der Waals surface area contributed by atoms with E-state index in [1.54, 1.807) is 24.3 Å². The number of hydrogen-bond donors (Lipinski definition) is 0. The first kappa shape index (κ1) is 19.8. The van der Waals surface area contributed by atoms with Gasteiger partial charge in [0.1, 0.15) is 0 Å². The van der Waals surface area contributed by atoms with Gasteiger partial charge >= 0.3 is 0 Å². The van der Waals surface area contributed by atoms with Gasteiger partial charge < -0.3 is 9.80 Å². The van der Waals surface area contributed by atoms with Gasteiger partial charge in [-0.2, -0.15) is 5.10 Å². The summed E-state index contributed by atoms with van der Waals surface area (Å²) in [6.45, 7) is 3.36. The molecule has 30 heavy (non-hydrogen) atoms. The normalized spacial score (nSPS) is 15.5. The van der Waals surface area contributed by atoms with Crippen LogP contribution in [-0.2, 0) is 17.9 Å². The van der Waals surface area contributed by atoms with Gasteiger partial charge in [-0.3, -0.25) is 19.3 Å². The fraction of sp³-hybridized carbons (Fsp3) is 0.304. The van der Waals surface area contributed by atoms with Crippen LogP contribution >= 0.6 is 0 Å². The van der Waals surface area contributed by atoms with Gasteiger partial charge in [-0.1, -0.05) is 23.8 Å². The lowest BCUT2D eigenvalue weighted by Crippen LogP contribution is -2.43. The second kappa shape index (κ2) is 8.49. The Morgan fingerprint density at radius 1 is 1.13 bits per heavy atom. The number of pyridine rings is 1. The van der Waals surface area contributed by atoms with Crippen LogP contribution in [0.1, 0.15) is 39.8 Å². The van der Waals surface area contributed by atoms with E-state index in [1.165, 1.54) is 0 Å². The predicted molar refractivity (Wildman–Crippen MR) is 113 cm³/mol. The van der Waals surface area contributed by atoms with Crippen molar-refractivity contribution in [3.63, 3.8) is 0 Å². The van der Waals surface area contributed by atoms with E-state index in [0.29, 0.717) is 25.2 Å². The SMILES string of the molecule is Cc1cccc(C(=O)N2Cc3ccnn3[C@@H](CC(=O)N(C)Cc3ccccn3)C2)c1. The van der Waals surface area contributed by atoms with Crippen molar-refractivity contribution in [2.75, 3.05) is 13.6 Å². The molecule has 1 aromatic carbocycles. The molecule has 2 amide bonds. The first-order chi connectivity index (χ1) is 14.5. The number of nitrogens with zero attached hydrogens (tertiary/aromatic N) is 5. The zero-order chi connectivity index (χ0) is 21.1. The lowest BCUT2D eigenvalue weighted by molar-refractivity contribution is -0.131. The molecule has 0 saturated carbocycles. The Bertz CT molecular complexity index is 1050. The Labute approximate surface area is 175 Å². The number of rotatable bonds is 5. The monoisotopic (exact) mass is 403 g/mol. The summed E-state index contributed by atoms with van der Waals surface area (Å²) in [5.41, 5.74) is 3.49. The van der Waals surface area contributed by atoms with Gasteiger partial charge in [0.15, 0.2) is 0 Å². The summed E-state index contributed by atoms with van der Waals surface area (Å²) in [6.07, 6.45) is 3.72. The van der Waals surface area contributed by atoms with Crippen molar-refractivity contribution in [2.24, 2.45) is 0 Å². The molecule has 154 valence electrons. The van der Waals surface area contributed by atoms with Crippen molar-refractivity contribution < 1.29 is 9.59 Å². The van der Waals surface area contributed by atoms with Crippen molar-refractivity contribution in [3.05, 3.63) is 83.4 Å². The Morgan fingerprint density at radius 3 is 2.77 bits per heavy atom. The third-order valence-electron chi connectivity index (χ3n) is 5.40. The molecule has 1 aliphatic heterocycles. The molecular formula is C23H25N5O2. The van der Waals surface area contributed by atoms with Crippen LogP contribution in [0.3, 0.4) is 0 Å². The van der Waals surface area contributed by atoms with Crippen LogP contribution in [0.15, 0.2) is 60.9 Å². The summed E-state index contributed by atoms with van der Waals surface area (Å²) in [7, 11) is 1.78. The molecule has 0 radical (unpaired) electrons. The van der Waals surface area contributed by atoms with E-state index in [1.807, 2.05) is 65.0 Å². The molecule has 0 saturated heterocycles. The van der Waals surface area contributed by atoms with E-state index >= 15 is 0 Å². The van der Waals surface area contributed by atoms with Gasteiger partial charge in [-0.25, -0.2) is 0 Å². The van der Waals surface area contributed by atoms with E-state index < -0.39 is 0 Å². The van der Waals surface area contributed by atoms with E-state index in [0.717, 1.165) is 17.0 Å². The zero-order valence-corrected chi connectivity index (χ0v) is 17.2. The molecule has 3 heterocycles. The molecule has 3 aromatic rings. The fourth-order valence-corrected chi connectivity index (χ4v) is 3.83. The maximum Gasteiger partial charge on any atom is 0.254 e. The minimum atomic E-state index is -0.198. The average Bonchev–Trinajstić information content (AvgIpc) is 3.23. The first-order valence-corrected chi connectivity index (χ1v) is 10.0. The molecule has 7 heteroatoms. The minimum Gasteiger partial charge on any atom is -0.340 e. The highest BCUT2D eigenvalue weighted by Crippen LogP contribution is 2.25. The molecule has 0 bridgehead atoms. The van der Waals surface area contributed by atoms with Crippen molar-refractivity contribution in [1.29, 1.82) is 0 Å². The largest absolute Gasteiger partial charge is 0.340 e. The molecule has 0 spiro atoms. The second-order valence-corrected chi connectivity index (χ2v) is 7.75. The van der Waals surface area contributed by atoms with Crippen LogP contribution in [0.2, 0.25) is 0 Å². The second-order valence-electron chi connectivity index (χ2n) is 7.75. The highest BCUT2D eigenvalue weighted by atomic mass is 16.2. The van der Waals surface area contributed by atoms with Gasteiger partial charge in [0.05, 0.1) is 36.9 Å². The van der Waals surface area contributed by atoms with Gasteiger partial charge in [-0.15, -0.1) is 0 Å². The molecule has 0 N–H and O–H groups in total. The van der Waals surface area contributed by atoms with Crippen molar-refractivity contribution in [1.82, 2.24) is 24.6 Å². The van der Waals surface area contributed by atoms with Crippen molar-refractivity contribution in [3.8, 4) is 0 Å². The minimum absolute atomic E-state index is 0.00282. The maximum atomic E-state index is 13.1. The van der Waals surface area contributed by atoms with Gasteiger partial charge in [-0.05, 0) is 37.3 Å². The summed E-state index contributed by atoms with van der Waals surface area (Å²) in [5.74, 6) is -0.0256. The highest BCUT2D eigenvalue weighted by Gasteiger charge is 2.31. The van der Waals surface area contributed by atoms with Crippen LogP contribution in [0.4, 0.5) is 0 Å². The van der Waals surface area contributed by atoms with Crippen LogP contribution in [0.25, 0.3) is 0 Å². The first-order valence-electron chi connectivity index (χ1n) is 10.0. The number of benzene rings is 1. The Kier molecular flexibility index (Phi) is 5.61. The van der Waals surface area contributed by atoms with Crippen molar-refractivity contribution >= 4 is 11.8 Å². The average molecular weight is 403 g/mol. The topological polar surface area (TPSA) is 71.3 Å². The molecule has 7 nitrogen and oxygen atoms in total. The summed E-state index contributed by atoms with van der Waals surface area (Å²) >= 11 is 0. The maximum absolute atomic E-state index is 13.1. The summed E-state index contributed by atoms with van der Waals surface area (Å²) in [6, 6.07) is 15.0. The van der Waals surface area contributed by atoms with E-state index in [-0.39, 0.29) is 24.3 Å². The molecule has 1 atom stereocenters. The number of hydrogen-bond acceptors (Lipinski definition) is 4. The smallest absolute Gasteiger partial charge is 0.254 e. The molecule has 0 fully saturated rings.